The van der Waals surface area contributed by atoms with Crippen LogP contribution < -0.4 is 72.0 Å². The molecule has 0 saturated carbocycles. The molecular weight excluding hydrogens is 783 g/mol. The first-order valence-electron chi connectivity index (χ1n) is 19.9. The predicted molar refractivity (Wildman–Crippen MR) is 225 cm³/mol. The molecule has 21 N–H and O–H groups in total. The van der Waals surface area contributed by atoms with Crippen molar-refractivity contribution in [3.63, 3.8) is 0 Å². The average molecular weight is 848 g/mol. The Bertz CT molecular complexity index is 1570. The second kappa shape index (κ2) is 30.0. The summed E-state index contributed by atoms with van der Waals surface area (Å²) in [6, 6.07) is 3.41. The molecule has 0 unspecified atom stereocenters. The first-order chi connectivity index (χ1) is 28.6. The fourth-order valence-electron chi connectivity index (χ4n) is 5.62. The summed E-state index contributed by atoms with van der Waals surface area (Å²) < 4.78 is 0. The maximum absolute atomic E-state index is 13.6. The third kappa shape index (κ3) is 23.4. The van der Waals surface area contributed by atoms with Crippen molar-refractivity contribution in [3.8, 4) is 0 Å². The van der Waals surface area contributed by atoms with Crippen molar-refractivity contribution in [2.75, 3.05) is 39.3 Å². The second-order valence-electron chi connectivity index (χ2n) is 13.9. The van der Waals surface area contributed by atoms with Crippen LogP contribution in [-0.2, 0) is 40.0 Å². The van der Waals surface area contributed by atoms with Crippen LogP contribution in [-0.4, -0.2) is 128 Å². The molecule has 0 heterocycles. The van der Waals surface area contributed by atoms with Crippen LogP contribution in [0.1, 0.15) is 69.8 Å². The molecule has 5 atom stereocenters. The van der Waals surface area contributed by atoms with Gasteiger partial charge in [0.05, 0.1) is 19.1 Å². The van der Waals surface area contributed by atoms with Crippen LogP contribution in [0.4, 0.5) is 0 Å². The van der Waals surface area contributed by atoms with Gasteiger partial charge in [-0.1, -0.05) is 30.3 Å². The quantitative estimate of drug-likeness (QED) is 0.0189. The lowest BCUT2D eigenvalue weighted by Crippen LogP contribution is -2.56. The molecule has 1 rings (SSSR count). The van der Waals surface area contributed by atoms with E-state index >= 15 is 0 Å². The Hall–Kier alpha value is -6.07. The summed E-state index contributed by atoms with van der Waals surface area (Å²) in [5, 5.41) is 24.6. The lowest BCUT2D eigenvalue weighted by atomic mass is 10.0. The largest absolute Gasteiger partial charge is 0.480 e. The molecule has 0 fully saturated rings. The number of nitrogens with two attached hydrogens (primary N) is 7. The van der Waals surface area contributed by atoms with Crippen LogP contribution >= 0.6 is 0 Å². The predicted octanol–water partition coefficient (Wildman–Crippen LogP) is -4.82. The molecule has 0 aliphatic carbocycles. The van der Waals surface area contributed by atoms with Gasteiger partial charge in [0.1, 0.15) is 24.2 Å². The van der Waals surface area contributed by atoms with E-state index in [1.807, 2.05) is 30.3 Å². The number of unbranched alkanes of at least 4 members (excludes halogenated alkanes) is 2. The molecule has 0 aliphatic heterocycles. The van der Waals surface area contributed by atoms with Crippen LogP contribution in [0, 0.1) is 0 Å². The van der Waals surface area contributed by atoms with Crippen molar-refractivity contribution in [1.29, 1.82) is 0 Å². The highest BCUT2D eigenvalue weighted by Gasteiger charge is 2.29. The molecule has 336 valence electrons. The molecule has 60 heavy (non-hydrogen) atoms. The van der Waals surface area contributed by atoms with Crippen LogP contribution in [0.15, 0.2) is 40.3 Å². The summed E-state index contributed by atoms with van der Waals surface area (Å²) >= 11 is 0. The lowest BCUT2D eigenvalue weighted by molar-refractivity contribution is -0.142. The molecule has 0 saturated heterocycles. The third-order valence-electron chi connectivity index (χ3n) is 8.82. The molecule has 0 radical (unpaired) electrons. The van der Waals surface area contributed by atoms with Gasteiger partial charge in [0, 0.05) is 13.1 Å². The SMILES string of the molecule is NCCCC[C@H](NC(=O)[C@H](CCCN=C(N)N)NC(=O)CNC(=O)CNC(=O)[C@H](CCCCN)NC(=O)[C@H](CCCN=C(N)N)NC(=O)[C@@H](N)Cc1ccccc1)C(=O)O. The van der Waals surface area contributed by atoms with Crippen molar-refractivity contribution in [3.05, 3.63) is 35.9 Å². The molecule has 0 aliphatic rings. The van der Waals surface area contributed by atoms with Crippen molar-refractivity contribution >= 4 is 53.3 Å². The summed E-state index contributed by atoms with van der Waals surface area (Å²) in [6.45, 7) is -0.225. The number of aliphatic carboxylic acids is 1. The Labute approximate surface area is 349 Å². The molecule has 23 heteroatoms. The van der Waals surface area contributed by atoms with Crippen molar-refractivity contribution in [1.82, 2.24) is 31.9 Å². The highest BCUT2D eigenvalue weighted by Crippen LogP contribution is 2.08. The van der Waals surface area contributed by atoms with Gasteiger partial charge in [0.2, 0.25) is 35.4 Å². The first-order valence-corrected chi connectivity index (χ1v) is 19.9. The fourth-order valence-corrected chi connectivity index (χ4v) is 5.62. The number of nitrogens with one attached hydrogen (secondary N) is 6. The summed E-state index contributed by atoms with van der Waals surface area (Å²) in [6.07, 6.45) is 3.11. The van der Waals surface area contributed by atoms with Crippen LogP contribution in [0.3, 0.4) is 0 Å². The van der Waals surface area contributed by atoms with Gasteiger partial charge in [0.15, 0.2) is 11.9 Å². The number of amides is 6. The van der Waals surface area contributed by atoms with E-state index in [9.17, 15) is 38.7 Å². The van der Waals surface area contributed by atoms with Crippen LogP contribution in [0.2, 0.25) is 0 Å². The number of nitrogens with zero attached hydrogens (tertiary/aromatic N) is 2. The summed E-state index contributed by atoms with van der Waals surface area (Å²) in [7, 11) is 0. The topological polar surface area (TPSA) is 419 Å². The Kier molecular flexibility index (Phi) is 26.0. The zero-order chi connectivity index (χ0) is 44.9. The minimum absolute atomic E-state index is 0.0338. The maximum Gasteiger partial charge on any atom is 0.326 e. The second-order valence-corrected chi connectivity index (χ2v) is 13.9. The summed E-state index contributed by atoms with van der Waals surface area (Å²) in [4.78, 5) is 98.2. The Morgan fingerprint density at radius 3 is 1.52 bits per heavy atom. The smallest absolute Gasteiger partial charge is 0.326 e. The van der Waals surface area contributed by atoms with E-state index in [4.69, 9.17) is 40.1 Å². The number of carbonyl (C=O) groups excluding carboxylic acids is 6. The van der Waals surface area contributed by atoms with Crippen molar-refractivity contribution < 1.29 is 38.7 Å². The number of hydrogen-bond donors (Lipinski definition) is 14. The van der Waals surface area contributed by atoms with Crippen molar-refractivity contribution in [2.24, 2.45) is 50.1 Å². The highest BCUT2D eigenvalue weighted by atomic mass is 16.4. The Morgan fingerprint density at radius 1 is 0.550 bits per heavy atom. The number of carboxylic acids is 1. The van der Waals surface area contributed by atoms with Gasteiger partial charge in [-0.2, -0.15) is 0 Å². The Morgan fingerprint density at radius 2 is 1.00 bits per heavy atom. The van der Waals surface area contributed by atoms with Gasteiger partial charge in [-0.05, 0) is 89.3 Å². The van der Waals surface area contributed by atoms with Crippen LogP contribution in [0.25, 0.3) is 0 Å². The van der Waals surface area contributed by atoms with E-state index in [-0.39, 0.29) is 63.5 Å². The first kappa shape index (κ1) is 51.9. The molecule has 1 aromatic rings. The van der Waals surface area contributed by atoms with Gasteiger partial charge < -0.3 is 77.1 Å². The normalized spacial score (nSPS) is 13.2. The molecule has 1 aromatic carbocycles. The maximum atomic E-state index is 13.6. The minimum Gasteiger partial charge on any atom is -0.480 e. The van der Waals surface area contributed by atoms with E-state index in [1.54, 1.807) is 0 Å². The number of rotatable bonds is 31. The van der Waals surface area contributed by atoms with Gasteiger partial charge >= 0.3 is 5.97 Å². The minimum atomic E-state index is -1.26. The van der Waals surface area contributed by atoms with E-state index < -0.39 is 84.7 Å². The fraction of sp³-hybridized carbons (Fsp3) is 0.595. The van der Waals surface area contributed by atoms with E-state index in [1.165, 1.54) is 0 Å². The van der Waals surface area contributed by atoms with Gasteiger partial charge in [-0.15, -0.1) is 0 Å². The average Bonchev–Trinajstić information content (AvgIpc) is 3.20. The number of carboxylic acid groups (broad SMARTS) is 1. The lowest BCUT2D eigenvalue weighted by Gasteiger charge is -2.24. The Balaban J connectivity index is 2.94. The van der Waals surface area contributed by atoms with Gasteiger partial charge in [-0.25, -0.2) is 4.79 Å². The number of benzene rings is 1. The molecule has 6 amide bonds. The number of aliphatic imine (C=N–C) groups is 2. The standard InChI is InChI=1S/C37H65N15O8/c38-16-6-4-12-25(51-34(58)27(15-9-19-46-37(43)44)50-31(55)24(40)20-23-10-2-1-3-11-23)32(56)48-21-29(53)47-22-30(54)49-26(14-8-18-45-36(41)42)33(57)52-28(35(59)60)13-5-7-17-39/h1-3,10-11,24-28H,4-9,12-22,38-40H2,(H,47,53)(H,48,56)(H,49,54)(H,50,55)(H,51,58)(H,52,57)(H,59,60)(H4,41,42,45)(H4,43,44,46)/t24-,25-,26-,27-,28-/m0/s1. The number of hydrogen-bond acceptors (Lipinski definition) is 12. The van der Waals surface area contributed by atoms with E-state index in [0.717, 1.165) is 5.56 Å². The number of carbonyl (C=O) groups is 7. The zero-order valence-corrected chi connectivity index (χ0v) is 34.0. The third-order valence-corrected chi connectivity index (χ3v) is 8.82. The molecule has 0 spiro atoms. The molecule has 23 nitrogen and oxygen atoms in total. The molecule has 0 bridgehead atoms. The van der Waals surface area contributed by atoms with Gasteiger partial charge in [0.25, 0.3) is 0 Å². The highest BCUT2D eigenvalue weighted by molar-refractivity contribution is 5.95. The van der Waals surface area contributed by atoms with E-state index in [0.29, 0.717) is 45.2 Å². The summed E-state index contributed by atoms with van der Waals surface area (Å²) in [5.41, 5.74) is 39.7. The van der Waals surface area contributed by atoms with Crippen LogP contribution in [0.5, 0.6) is 0 Å². The van der Waals surface area contributed by atoms with E-state index in [2.05, 4.69) is 41.9 Å². The monoisotopic (exact) mass is 848 g/mol. The van der Waals surface area contributed by atoms with Gasteiger partial charge in [-0.3, -0.25) is 38.8 Å². The van der Waals surface area contributed by atoms with Crippen molar-refractivity contribution in [2.45, 2.75) is 101 Å². The molecule has 0 aromatic heterocycles. The number of guanidine groups is 2. The summed E-state index contributed by atoms with van der Waals surface area (Å²) in [5.74, 6) is -5.89. The molecular formula is C37H65N15O8. The zero-order valence-electron chi connectivity index (χ0n) is 34.0.